The summed E-state index contributed by atoms with van der Waals surface area (Å²) < 4.78 is 32.1. The first-order chi connectivity index (χ1) is 9.92. The normalized spacial score (nSPS) is 23.0. The Balaban J connectivity index is 2.19. The molecule has 1 aromatic rings. The third-order valence-corrected chi connectivity index (χ3v) is 5.06. The molecule has 0 bridgehead atoms. The van der Waals surface area contributed by atoms with Gasteiger partial charge in [-0.3, -0.25) is 0 Å². The van der Waals surface area contributed by atoms with Gasteiger partial charge in [-0.2, -0.15) is 0 Å². The fraction of sp³-hybridized carbons (Fsp3) is 0.571. The summed E-state index contributed by atoms with van der Waals surface area (Å²) in [5.41, 5.74) is 7.16. The Morgan fingerprint density at radius 3 is 2.86 bits per heavy atom. The molecular weight excluding hydrogens is 290 g/mol. The summed E-state index contributed by atoms with van der Waals surface area (Å²) in [5, 5.41) is 3.34. The van der Waals surface area contributed by atoms with Gasteiger partial charge in [-0.25, -0.2) is 13.1 Å². The zero-order valence-corrected chi connectivity index (χ0v) is 13.2. The predicted octanol–water partition coefficient (Wildman–Crippen LogP) is 1.55. The second kappa shape index (κ2) is 6.64. The number of hydrogen-bond acceptors (Lipinski definition) is 5. The van der Waals surface area contributed by atoms with Crippen LogP contribution in [0.4, 0.5) is 11.4 Å². The van der Waals surface area contributed by atoms with Crippen LogP contribution in [0.5, 0.6) is 0 Å². The van der Waals surface area contributed by atoms with Gasteiger partial charge in [0.25, 0.3) is 0 Å². The molecule has 21 heavy (non-hydrogen) atoms. The third kappa shape index (κ3) is 4.09. The summed E-state index contributed by atoms with van der Waals surface area (Å²) >= 11 is 0. The average molecular weight is 313 g/mol. The lowest BCUT2D eigenvalue weighted by atomic mass is 10.0. The van der Waals surface area contributed by atoms with Crippen molar-refractivity contribution in [3.8, 4) is 0 Å². The van der Waals surface area contributed by atoms with Gasteiger partial charge < -0.3 is 15.8 Å². The highest BCUT2D eigenvalue weighted by Crippen LogP contribution is 2.26. The standard InChI is InChI=1S/C14H23N3O3S/c1-3-16-21(18,19)12-4-5-13(15)14(9-12)17-11-6-7-20-10(2)8-11/h4-5,9-11,16-17H,3,6-8,15H2,1-2H3. The molecule has 1 saturated heterocycles. The molecule has 1 aliphatic rings. The molecule has 2 atom stereocenters. The summed E-state index contributed by atoms with van der Waals surface area (Å²) in [6.45, 7) is 4.84. The van der Waals surface area contributed by atoms with Crippen molar-refractivity contribution in [2.45, 2.75) is 43.7 Å². The summed E-state index contributed by atoms with van der Waals surface area (Å²) in [6.07, 6.45) is 1.96. The number of hydrogen-bond donors (Lipinski definition) is 3. The first-order valence-corrected chi connectivity index (χ1v) is 8.68. The van der Waals surface area contributed by atoms with E-state index in [0.29, 0.717) is 24.5 Å². The summed E-state index contributed by atoms with van der Waals surface area (Å²) in [5.74, 6) is 0. The second-order valence-electron chi connectivity index (χ2n) is 5.30. The van der Waals surface area contributed by atoms with Crippen molar-refractivity contribution in [1.29, 1.82) is 0 Å². The van der Waals surface area contributed by atoms with Crippen molar-refractivity contribution in [1.82, 2.24) is 4.72 Å². The molecule has 2 unspecified atom stereocenters. The molecule has 1 aliphatic heterocycles. The minimum atomic E-state index is -3.47. The van der Waals surface area contributed by atoms with Crippen LogP contribution in [-0.2, 0) is 14.8 Å². The van der Waals surface area contributed by atoms with Crippen molar-refractivity contribution < 1.29 is 13.2 Å². The zero-order valence-electron chi connectivity index (χ0n) is 12.4. The van der Waals surface area contributed by atoms with Crippen LogP contribution in [-0.4, -0.2) is 33.7 Å². The Morgan fingerprint density at radius 2 is 2.19 bits per heavy atom. The van der Waals surface area contributed by atoms with E-state index in [1.165, 1.54) is 6.07 Å². The van der Waals surface area contributed by atoms with Gasteiger partial charge in [0.2, 0.25) is 10.0 Å². The van der Waals surface area contributed by atoms with Gasteiger partial charge in [0.1, 0.15) is 0 Å². The maximum absolute atomic E-state index is 12.0. The topological polar surface area (TPSA) is 93.5 Å². The molecule has 1 heterocycles. The number of sulfonamides is 1. The maximum atomic E-state index is 12.0. The van der Waals surface area contributed by atoms with E-state index in [1.807, 2.05) is 6.92 Å². The van der Waals surface area contributed by atoms with Gasteiger partial charge in [-0.05, 0) is 38.0 Å². The lowest BCUT2D eigenvalue weighted by Gasteiger charge is -2.29. The number of rotatable bonds is 5. The summed E-state index contributed by atoms with van der Waals surface area (Å²) in [7, 11) is -3.47. The van der Waals surface area contributed by atoms with E-state index in [2.05, 4.69) is 10.0 Å². The second-order valence-corrected chi connectivity index (χ2v) is 7.06. The quantitative estimate of drug-likeness (QED) is 0.717. The molecule has 118 valence electrons. The average Bonchev–Trinajstić information content (AvgIpc) is 2.41. The van der Waals surface area contributed by atoms with Gasteiger partial charge in [0.05, 0.1) is 22.4 Å². The Labute approximate surface area is 126 Å². The Hall–Kier alpha value is -1.31. The van der Waals surface area contributed by atoms with E-state index in [9.17, 15) is 8.42 Å². The lowest BCUT2D eigenvalue weighted by Crippen LogP contribution is -2.32. The number of nitrogen functional groups attached to an aromatic ring is 1. The minimum Gasteiger partial charge on any atom is -0.397 e. The highest BCUT2D eigenvalue weighted by Gasteiger charge is 2.21. The number of benzene rings is 1. The van der Waals surface area contributed by atoms with Gasteiger partial charge in [0.15, 0.2) is 0 Å². The molecule has 2 rings (SSSR count). The first kappa shape index (κ1) is 16.1. The molecule has 0 spiro atoms. The number of anilines is 2. The van der Waals surface area contributed by atoms with Crippen LogP contribution in [0.25, 0.3) is 0 Å². The van der Waals surface area contributed by atoms with E-state index in [0.717, 1.165) is 12.8 Å². The van der Waals surface area contributed by atoms with Gasteiger partial charge in [-0.15, -0.1) is 0 Å². The zero-order chi connectivity index (χ0) is 15.5. The van der Waals surface area contributed by atoms with Crippen LogP contribution in [0.3, 0.4) is 0 Å². The molecule has 1 fully saturated rings. The monoisotopic (exact) mass is 313 g/mol. The van der Waals surface area contributed by atoms with Crippen LogP contribution in [0.1, 0.15) is 26.7 Å². The molecule has 0 amide bonds. The molecule has 0 saturated carbocycles. The molecule has 1 aromatic carbocycles. The Kier molecular flexibility index (Phi) is 5.08. The van der Waals surface area contributed by atoms with Crippen molar-refractivity contribution in [3.63, 3.8) is 0 Å². The largest absolute Gasteiger partial charge is 0.397 e. The fourth-order valence-electron chi connectivity index (χ4n) is 2.45. The smallest absolute Gasteiger partial charge is 0.240 e. The van der Waals surface area contributed by atoms with E-state index in [1.54, 1.807) is 19.1 Å². The maximum Gasteiger partial charge on any atom is 0.240 e. The lowest BCUT2D eigenvalue weighted by molar-refractivity contribution is 0.0232. The fourth-order valence-corrected chi connectivity index (χ4v) is 3.52. The van der Waals surface area contributed by atoms with E-state index < -0.39 is 10.0 Å². The minimum absolute atomic E-state index is 0.200. The van der Waals surface area contributed by atoms with Crippen molar-refractivity contribution >= 4 is 21.4 Å². The van der Waals surface area contributed by atoms with Gasteiger partial charge in [0, 0.05) is 19.2 Å². The highest BCUT2D eigenvalue weighted by molar-refractivity contribution is 7.89. The van der Waals surface area contributed by atoms with Crippen molar-refractivity contribution in [2.24, 2.45) is 0 Å². The predicted molar refractivity (Wildman–Crippen MR) is 83.8 cm³/mol. The van der Waals surface area contributed by atoms with Gasteiger partial charge >= 0.3 is 0 Å². The van der Waals surface area contributed by atoms with Crippen LogP contribution < -0.4 is 15.8 Å². The van der Waals surface area contributed by atoms with E-state index in [4.69, 9.17) is 10.5 Å². The van der Waals surface area contributed by atoms with E-state index in [-0.39, 0.29) is 17.0 Å². The van der Waals surface area contributed by atoms with Crippen molar-refractivity contribution in [2.75, 3.05) is 24.2 Å². The molecule has 0 aromatic heterocycles. The molecule has 7 heteroatoms. The van der Waals surface area contributed by atoms with Crippen LogP contribution >= 0.6 is 0 Å². The molecular formula is C14H23N3O3S. The Bertz CT molecular complexity index is 589. The molecule has 6 nitrogen and oxygen atoms in total. The van der Waals surface area contributed by atoms with Crippen molar-refractivity contribution in [3.05, 3.63) is 18.2 Å². The summed E-state index contributed by atoms with van der Waals surface area (Å²) in [4.78, 5) is 0.223. The molecule has 0 aliphatic carbocycles. The van der Waals surface area contributed by atoms with E-state index >= 15 is 0 Å². The van der Waals surface area contributed by atoms with Crippen LogP contribution in [0, 0.1) is 0 Å². The molecule has 0 radical (unpaired) electrons. The molecule has 4 N–H and O–H groups in total. The van der Waals surface area contributed by atoms with Gasteiger partial charge in [-0.1, -0.05) is 6.92 Å². The number of nitrogens with two attached hydrogens (primary N) is 1. The third-order valence-electron chi connectivity index (χ3n) is 3.51. The summed E-state index contributed by atoms with van der Waals surface area (Å²) in [6, 6.07) is 4.97. The SMILES string of the molecule is CCNS(=O)(=O)c1ccc(N)c(NC2CCOC(C)C2)c1. The first-order valence-electron chi connectivity index (χ1n) is 7.19. The highest BCUT2D eigenvalue weighted by atomic mass is 32.2. The van der Waals surface area contributed by atoms with Crippen LogP contribution in [0.2, 0.25) is 0 Å². The Morgan fingerprint density at radius 1 is 1.43 bits per heavy atom. The van der Waals surface area contributed by atoms with Crippen LogP contribution in [0.15, 0.2) is 23.1 Å². The number of ether oxygens (including phenoxy) is 1. The number of nitrogens with one attached hydrogen (secondary N) is 2.